The Morgan fingerprint density at radius 2 is 1.85 bits per heavy atom. The summed E-state index contributed by atoms with van der Waals surface area (Å²) in [6.07, 6.45) is 1.48. The molecule has 2 aromatic heterocycles. The zero-order chi connectivity index (χ0) is 23.1. The fourth-order valence-corrected chi connectivity index (χ4v) is 5.06. The van der Waals surface area contributed by atoms with Crippen molar-refractivity contribution in [1.29, 1.82) is 0 Å². The second-order valence-corrected chi connectivity index (χ2v) is 8.82. The number of hydrogen-bond acceptors (Lipinski definition) is 6. The van der Waals surface area contributed by atoms with Crippen molar-refractivity contribution in [3.8, 4) is 10.6 Å². The van der Waals surface area contributed by atoms with Gasteiger partial charge < -0.3 is 9.52 Å². The van der Waals surface area contributed by atoms with Gasteiger partial charge in [0, 0.05) is 11.3 Å². The molecule has 5 rings (SSSR count). The summed E-state index contributed by atoms with van der Waals surface area (Å²) in [4.78, 5) is 33.3. The summed E-state index contributed by atoms with van der Waals surface area (Å²) in [5.41, 5.74) is 2.95. The van der Waals surface area contributed by atoms with Crippen molar-refractivity contribution < 1.29 is 19.1 Å². The highest BCUT2D eigenvalue weighted by Crippen LogP contribution is 2.43. The lowest BCUT2D eigenvalue weighted by molar-refractivity contribution is -0.117. The van der Waals surface area contributed by atoms with Gasteiger partial charge in [0.05, 0.1) is 22.4 Å². The number of ketones is 1. The van der Waals surface area contributed by atoms with E-state index in [2.05, 4.69) is 4.98 Å². The van der Waals surface area contributed by atoms with Gasteiger partial charge in [-0.3, -0.25) is 14.5 Å². The first-order valence-corrected chi connectivity index (χ1v) is 11.2. The average molecular weight is 457 g/mol. The van der Waals surface area contributed by atoms with Crippen molar-refractivity contribution in [1.82, 2.24) is 4.98 Å². The summed E-state index contributed by atoms with van der Waals surface area (Å²) >= 11 is 1.24. The van der Waals surface area contributed by atoms with Crippen LogP contribution < -0.4 is 4.90 Å². The van der Waals surface area contributed by atoms with Gasteiger partial charge in [-0.1, -0.05) is 42.5 Å². The lowest BCUT2D eigenvalue weighted by atomic mass is 9.99. The molecule has 1 aliphatic heterocycles. The van der Waals surface area contributed by atoms with E-state index in [0.717, 1.165) is 11.1 Å². The summed E-state index contributed by atoms with van der Waals surface area (Å²) in [7, 11) is 0. The van der Waals surface area contributed by atoms with Crippen molar-refractivity contribution in [2.24, 2.45) is 0 Å². The highest BCUT2D eigenvalue weighted by molar-refractivity contribution is 7.17. The predicted octanol–water partition coefficient (Wildman–Crippen LogP) is 5.80. The number of carbonyl (C=O) groups excluding carboxylic acids is 2. The molecule has 0 aliphatic carbocycles. The molecule has 0 spiro atoms. The van der Waals surface area contributed by atoms with E-state index in [4.69, 9.17) is 4.42 Å². The lowest BCUT2D eigenvalue weighted by Gasteiger charge is -2.25. The van der Waals surface area contributed by atoms with Gasteiger partial charge in [-0.2, -0.15) is 0 Å². The smallest absolute Gasteiger partial charge is 0.294 e. The number of benzene rings is 2. The van der Waals surface area contributed by atoms with Crippen LogP contribution >= 0.6 is 11.3 Å². The van der Waals surface area contributed by atoms with Crippen LogP contribution in [0.4, 0.5) is 5.69 Å². The number of aryl methyl sites for hydroxylation is 2. The first kappa shape index (κ1) is 20.9. The van der Waals surface area contributed by atoms with Gasteiger partial charge in [0.15, 0.2) is 5.76 Å². The zero-order valence-electron chi connectivity index (χ0n) is 18.0. The quantitative estimate of drug-likeness (QED) is 0.384. The van der Waals surface area contributed by atoms with Crippen LogP contribution in [0.5, 0.6) is 0 Å². The second-order valence-electron chi connectivity index (χ2n) is 7.82. The van der Waals surface area contributed by atoms with Gasteiger partial charge in [-0.05, 0) is 43.7 Å². The number of amides is 1. The molecule has 0 saturated heterocycles. The number of carbonyl (C=O) groups is 2. The SMILES string of the molecule is Cc1cccc(N2C(=O)C(O)=C(C(=O)c3sc(-c4ccccc4)nc3C)C2c2ccco2)c1. The number of thiazole rings is 1. The molecule has 0 saturated carbocycles. The van der Waals surface area contributed by atoms with Crippen molar-refractivity contribution in [2.75, 3.05) is 4.90 Å². The monoisotopic (exact) mass is 456 g/mol. The van der Waals surface area contributed by atoms with E-state index in [1.807, 2.05) is 55.5 Å². The van der Waals surface area contributed by atoms with Crippen LogP contribution in [0.25, 0.3) is 10.6 Å². The minimum atomic E-state index is -0.886. The Kier molecular flexibility index (Phi) is 5.18. The number of Topliss-reactive ketones (excluding diaryl/α,β-unsaturated/α-hetero) is 1. The number of aromatic nitrogens is 1. The van der Waals surface area contributed by atoms with Gasteiger partial charge in [-0.15, -0.1) is 11.3 Å². The Balaban J connectivity index is 1.61. The standard InChI is InChI=1S/C26H20N2O4S/c1-15-8-6-11-18(14-15)28-21(19-12-7-13-32-19)20(23(30)26(28)31)22(29)24-16(2)27-25(33-24)17-9-4-3-5-10-17/h3-14,21,30H,1-2H3. The van der Waals surface area contributed by atoms with Crippen LogP contribution in [0.2, 0.25) is 0 Å². The molecule has 1 N–H and O–H groups in total. The summed E-state index contributed by atoms with van der Waals surface area (Å²) in [5.74, 6) is -1.26. The van der Waals surface area contributed by atoms with E-state index in [0.29, 0.717) is 27.0 Å². The largest absolute Gasteiger partial charge is 0.503 e. The van der Waals surface area contributed by atoms with E-state index in [-0.39, 0.29) is 5.57 Å². The molecule has 4 aromatic rings. The van der Waals surface area contributed by atoms with Crippen LogP contribution in [0.1, 0.15) is 32.7 Å². The summed E-state index contributed by atoms with van der Waals surface area (Å²) in [5, 5.41) is 11.6. The van der Waals surface area contributed by atoms with E-state index < -0.39 is 23.5 Å². The predicted molar refractivity (Wildman–Crippen MR) is 126 cm³/mol. The lowest BCUT2D eigenvalue weighted by Crippen LogP contribution is -2.30. The third kappa shape index (κ3) is 3.56. The molecule has 0 bridgehead atoms. The minimum Gasteiger partial charge on any atom is -0.503 e. The molecule has 1 unspecified atom stereocenters. The maximum absolute atomic E-state index is 13.7. The summed E-state index contributed by atoms with van der Waals surface area (Å²) in [6.45, 7) is 3.67. The highest BCUT2D eigenvalue weighted by atomic mass is 32.1. The van der Waals surface area contributed by atoms with Crippen molar-refractivity contribution in [3.63, 3.8) is 0 Å². The van der Waals surface area contributed by atoms with E-state index in [1.165, 1.54) is 22.5 Å². The van der Waals surface area contributed by atoms with Crippen LogP contribution in [-0.2, 0) is 4.79 Å². The molecule has 7 heteroatoms. The number of rotatable bonds is 5. The van der Waals surface area contributed by atoms with Gasteiger partial charge in [-0.25, -0.2) is 4.98 Å². The number of hydrogen-bond donors (Lipinski definition) is 1. The Labute approximate surface area is 194 Å². The number of furan rings is 1. The minimum absolute atomic E-state index is 0.0113. The van der Waals surface area contributed by atoms with Crippen molar-refractivity contribution in [3.05, 3.63) is 106 Å². The van der Waals surface area contributed by atoms with E-state index in [1.54, 1.807) is 25.1 Å². The second kappa shape index (κ2) is 8.18. The van der Waals surface area contributed by atoms with E-state index in [9.17, 15) is 14.7 Å². The van der Waals surface area contributed by atoms with Gasteiger partial charge >= 0.3 is 0 Å². The van der Waals surface area contributed by atoms with Crippen LogP contribution in [-0.4, -0.2) is 21.8 Å². The molecule has 164 valence electrons. The fraction of sp³-hybridized carbons (Fsp3) is 0.115. The summed E-state index contributed by atoms with van der Waals surface area (Å²) < 4.78 is 5.61. The van der Waals surface area contributed by atoms with Crippen molar-refractivity contribution >= 4 is 28.7 Å². The van der Waals surface area contributed by atoms with Gasteiger partial charge in [0.2, 0.25) is 5.78 Å². The third-order valence-electron chi connectivity index (χ3n) is 5.57. The van der Waals surface area contributed by atoms with Crippen LogP contribution in [0.3, 0.4) is 0 Å². The third-order valence-corrected chi connectivity index (χ3v) is 6.77. The van der Waals surface area contributed by atoms with Gasteiger partial charge in [0.1, 0.15) is 16.8 Å². The molecule has 6 nitrogen and oxygen atoms in total. The first-order valence-electron chi connectivity index (χ1n) is 10.4. The number of aliphatic hydroxyl groups is 1. The molecule has 3 heterocycles. The number of nitrogens with zero attached hydrogens (tertiary/aromatic N) is 2. The molecule has 1 atom stereocenters. The Morgan fingerprint density at radius 1 is 1.06 bits per heavy atom. The molecular weight excluding hydrogens is 436 g/mol. The van der Waals surface area contributed by atoms with Crippen LogP contribution in [0.15, 0.2) is 88.7 Å². The van der Waals surface area contributed by atoms with Crippen LogP contribution in [0, 0.1) is 13.8 Å². The Bertz CT molecular complexity index is 1390. The zero-order valence-corrected chi connectivity index (χ0v) is 18.8. The Morgan fingerprint density at radius 3 is 2.55 bits per heavy atom. The Hall–Kier alpha value is -3.97. The molecule has 1 aliphatic rings. The highest BCUT2D eigenvalue weighted by Gasteiger charge is 2.46. The topological polar surface area (TPSA) is 83.6 Å². The number of anilines is 1. The molecule has 2 aromatic carbocycles. The van der Waals surface area contributed by atoms with Gasteiger partial charge in [0.25, 0.3) is 5.91 Å². The molecule has 0 radical (unpaired) electrons. The maximum Gasteiger partial charge on any atom is 0.294 e. The summed E-state index contributed by atoms with van der Waals surface area (Å²) in [6, 6.07) is 19.4. The number of aliphatic hydroxyl groups excluding tert-OH is 1. The first-order chi connectivity index (χ1) is 16.0. The normalized spacial score (nSPS) is 16.0. The molecular formula is C26H20N2O4S. The fourth-order valence-electron chi connectivity index (χ4n) is 4.03. The van der Waals surface area contributed by atoms with E-state index >= 15 is 0 Å². The average Bonchev–Trinajstić information content (AvgIpc) is 3.53. The molecule has 0 fully saturated rings. The van der Waals surface area contributed by atoms with Crippen molar-refractivity contribution in [2.45, 2.75) is 19.9 Å². The molecule has 33 heavy (non-hydrogen) atoms. The maximum atomic E-state index is 13.7. The molecule has 1 amide bonds.